The Labute approximate surface area is 201 Å². The van der Waals surface area contributed by atoms with Gasteiger partial charge in [0.15, 0.2) is 11.6 Å². The molecule has 0 aromatic rings. The van der Waals surface area contributed by atoms with Crippen LogP contribution in [0, 0.1) is 5.92 Å². The highest BCUT2D eigenvalue weighted by atomic mass is 16.1. The van der Waals surface area contributed by atoms with Crippen LogP contribution >= 0.6 is 0 Å². The van der Waals surface area contributed by atoms with Crippen molar-refractivity contribution in [1.29, 1.82) is 0 Å². The van der Waals surface area contributed by atoms with E-state index in [0.29, 0.717) is 23.1 Å². The first kappa shape index (κ1) is 28.3. The van der Waals surface area contributed by atoms with Crippen molar-refractivity contribution in [1.82, 2.24) is 0 Å². The molecule has 178 valence electrons. The Morgan fingerprint density at radius 1 is 0.697 bits per heavy atom. The monoisotopic (exact) mass is 446 g/mol. The van der Waals surface area contributed by atoms with Crippen LogP contribution in [0.5, 0.6) is 0 Å². The molecule has 0 saturated heterocycles. The summed E-state index contributed by atoms with van der Waals surface area (Å²) in [4.78, 5) is 24.8. The van der Waals surface area contributed by atoms with E-state index in [1.54, 1.807) is 6.92 Å². The van der Waals surface area contributed by atoms with Gasteiger partial charge in [0.1, 0.15) is 0 Å². The van der Waals surface area contributed by atoms with Crippen molar-refractivity contribution in [2.75, 3.05) is 0 Å². The molecule has 0 aliphatic heterocycles. The van der Waals surface area contributed by atoms with E-state index in [-0.39, 0.29) is 17.5 Å². The summed E-state index contributed by atoms with van der Waals surface area (Å²) in [5.41, 5.74) is 1.93. The Morgan fingerprint density at radius 3 is 1.55 bits per heavy atom. The summed E-state index contributed by atoms with van der Waals surface area (Å²) in [7, 11) is 0. The van der Waals surface area contributed by atoms with Gasteiger partial charge < -0.3 is 0 Å². The smallest absolute Gasteiger partial charge is 0.185 e. The number of allylic oxidation sites excluding steroid dienone is 16. The van der Waals surface area contributed by atoms with Gasteiger partial charge in [0.05, 0.1) is 0 Å². The van der Waals surface area contributed by atoms with Gasteiger partial charge in [0.2, 0.25) is 0 Å². The molecular weight excluding hydrogens is 404 g/mol. The van der Waals surface area contributed by atoms with Gasteiger partial charge in [-0.1, -0.05) is 93.7 Å². The van der Waals surface area contributed by atoms with Crippen molar-refractivity contribution in [3.8, 4) is 0 Å². The minimum atomic E-state index is -0.0175. The molecule has 0 N–H and O–H groups in total. The summed E-state index contributed by atoms with van der Waals surface area (Å²) in [5, 5.41) is 0. The molecule has 0 aromatic carbocycles. The molecule has 0 heterocycles. The van der Waals surface area contributed by atoms with E-state index in [0.717, 1.165) is 44.9 Å². The fraction of sp³-hybridized carbons (Fsp3) is 0.419. The van der Waals surface area contributed by atoms with Crippen molar-refractivity contribution >= 4 is 11.6 Å². The maximum absolute atomic E-state index is 12.6. The largest absolute Gasteiger partial charge is 0.290 e. The SMILES string of the molecule is CC/C=C\C/C=C\C/C=C\C/C=C\C/C=C\C/C=C\CCC1=C(C)C(=O)C=C(C(C)C)C1=O. The second-order valence-electron chi connectivity index (χ2n) is 8.51. The predicted molar refractivity (Wildman–Crippen MR) is 143 cm³/mol. The fourth-order valence-electron chi connectivity index (χ4n) is 3.41. The van der Waals surface area contributed by atoms with Crippen LogP contribution in [-0.4, -0.2) is 11.6 Å². The third-order valence-electron chi connectivity index (χ3n) is 5.42. The molecule has 0 saturated carbocycles. The number of rotatable bonds is 15. The molecule has 1 aliphatic carbocycles. The van der Waals surface area contributed by atoms with Crippen molar-refractivity contribution in [3.05, 3.63) is 95.7 Å². The lowest BCUT2D eigenvalue weighted by molar-refractivity contribution is -0.116. The van der Waals surface area contributed by atoms with Crippen LogP contribution in [0.25, 0.3) is 0 Å². The van der Waals surface area contributed by atoms with Crippen molar-refractivity contribution in [3.63, 3.8) is 0 Å². The van der Waals surface area contributed by atoms with Gasteiger partial charge in [0, 0.05) is 16.7 Å². The average Bonchev–Trinajstić information content (AvgIpc) is 2.79. The van der Waals surface area contributed by atoms with Gasteiger partial charge in [-0.15, -0.1) is 0 Å². The highest BCUT2D eigenvalue weighted by Crippen LogP contribution is 2.27. The van der Waals surface area contributed by atoms with E-state index in [1.165, 1.54) is 6.08 Å². The zero-order valence-electron chi connectivity index (χ0n) is 21.1. The Morgan fingerprint density at radius 2 is 1.12 bits per heavy atom. The number of carbonyl (C=O) groups excluding carboxylic acids is 2. The van der Waals surface area contributed by atoms with Crippen LogP contribution in [0.4, 0.5) is 0 Å². The summed E-state index contributed by atoms with van der Waals surface area (Å²) in [6.07, 6.45) is 35.0. The number of ketones is 2. The molecule has 2 nitrogen and oxygen atoms in total. The predicted octanol–water partition coefficient (Wildman–Crippen LogP) is 8.52. The van der Waals surface area contributed by atoms with E-state index in [2.05, 4.69) is 79.8 Å². The maximum Gasteiger partial charge on any atom is 0.185 e. The van der Waals surface area contributed by atoms with Gasteiger partial charge in [-0.2, -0.15) is 0 Å². The summed E-state index contributed by atoms with van der Waals surface area (Å²) in [5.74, 6) is 0.111. The molecule has 0 aromatic heterocycles. The average molecular weight is 447 g/mol. The molecular formula is C31H42O2. The second-order valence-corrected chi connectivity index (χ2v) is 8.51. The van der Waals surface area contributed by atoms with E-state index in [9.17, 15) is 9.59 Å². The van der Waals surface area contributed by atoms with Crippen LogP contribution in [0.1, 0.15) is 79.1 Å². The molecule has 0 spiro atoms. The zero-order chi connectivity index (χ0) is 24.3. The topological polar surface area (TPSA) is 34.1 Å². The first-order valence-corrected chi connectivity index (χ1v) is 12.4. The first-order valence-electron chi connectivity index (χ1n) is 12.4. The molecule has 2 heteroatoms. The Kier molecular flexibility index (Phi) is 15.2. The zero-order valence-corrected chi connectivity index (χ0v) is 21.1. The standard InChI is InChI=1S/C31H42O2/c1-5-6-7-8-9-10-11-12-13-14-15-16-17-18-19-20-21-22-23-24-28-27(4)30(32)25-29(26(2)3)31(28)33/h6-7,9-10,12-13,15-16,18-19,21-22,25-26H,5,8,11,14,17,20,23-24H2,1-4H3/b7-6-,10-9-,13-12-,16-15-,19-18-,22-21-. The highest BCUT2D eigenvalue weighted by Gasteiger charge is 2.26. The number of hydrogen-bond donors (Lipinski definition) is 0. The highest BCUT2D eigenvalue weighted by molar-refractivity contribution is 6.22. The lowest BCUT2D eigenvalue weighted by atomic mass is 9.83. The molecule has 0 radical (unpaired) electrons. The fourth-order valence-corrected chi connectivity index (χ4v) is 3.41. The molecule has 1 aliphatic rings. The van der Waals surface area contributed by atoms with E-state index in [4.69, 9.17) is 0 Å². The molecule has 0 unspecified atom stereocenters. The molecule has 0 fully saturated rings. The van der Waals surface area contributed by atoms with Crippen LogP contribution < -0.4 is 0 Å². The van der Waals surface area contributed by atoms with Crippen molar-refractivity contribution < 1.29 is 9.59 Å². The second kappa shape index (κ2) is 17.8. The minimum Gasteiger partial charge on any atom is -0.290 e. The third kappa shape index (κ3) is 12.2. The summed E-state index contributed by atoms with van der Waals surface area (Å²) in [6.45, 7) is 7.84. The Bertz CT molecular complexity index is 851. The van der Waals surface area contributed by atoms with E-state index in [1.807, 2.05) is 13.8 Å². The maximum atomic E-state index is 12.6. The van der Waals surface area contributed by atoms with Crippen molar-refractivity contribution in [2.24, 2.45) is 5.92 Å². The minimum absolute atomic E-state index is 0.0175. The molecule has 1 rings (SSSR count). The quantitative estimate of drug-likeness (QED) is 0.187. The molecule has 33 heavy (non-hydrogen) atoms. The first-order chi connectivity index (χ1) is 16.0. The van der Waals surface area contributed by atoms with E-state index >= 15 is 0 Å². The van der Waals surface area contributed by atoms with E-state index < -0.39 is 0 Å². The van der Waals surface area contributed by atoms with Gasteiger partial charge >= 0.3 is 0 Å². The Balaban J connectivity index is 2.19. The van der Waals surface area contributed by atoms with Crippen molar-refractivity contribution in [2.45, 2.75) is 79.1 Å². The van der Waals surface area contributed by atoms with Crippen LogP contribution in [-0.2, 0) is 9.59 Å². The molecule has 0 atom stereocenters. The summed E-state index contributed by atoms with van der Waals surface area (Å²) >= 11 is 0. The van der Waals surface area contributed by atoms with Gasteiger partial charge in [-0.05, 0) is 70.3 Å². The van der Waals surface area contributed by atoms with Crippen LogP contribution in [0.3, 0.4) is 0 Å². The number of Topliss-reactive ketones (excluding diaryl/α,β-unsaturated/α-hetero) is 1. The lowest BCUT2D eigenvalue weighted by Crippen LogP contribution is -2.21. The molecule has 0 amide bonds. The van der Waals surface area contributed by atoms with Gasteiger partial charge in [-0.25, -0.2) is 0 Å². The van der Waals surface area contributed by atoms with Gasteiger partial charge in [0.25, 0.3) is 0 Å². The van der Waals surface area contributed by atoms with Crippen LogP contribution in [0.15, 0.2) is 95.7 Å². The van der Waals surface area contributed by atoms with Gasteiger partial charge in [-0.3, -0.25) is 9.59 Å². The normalized spacial score (nSPS) is 16.0. The third-order valence-corrected chi connectivity index (χ3v) is 5.42. The Hall–Kier alpha value is -2.74. The molecule has 0 bridgehead atoms. The van der Waals surface area contributed by atoms with Crippen LogP contribution in [0.2, 0.25) is 0 Å². The summed E-state index contributed by atoms with van der Waals surface area (Å²) < 4.78 is 0. The number of carbonyl (C=O) groups is 2. The lowest BCUT2D eigenvalue weighted by Gasteiger charge is -2.19. The number of hydrogen-bond acceptors (Lipinski definition) is 2. The summed E-state index contributed by atoms with van der Waals surface area (Å²) in [6, 6.07) is 0.